The van der Waals surface area contributed by atoms with Crippen molar-refractivity contribution in [3.05, 3.63) is 23.4 Å². The third-order valence-electron chi connectivity index (χ3n) is 1.19. The summed E-state index contributed by atoms with van der Waals surface area (Å²) in [5.41, 5.74) is 0. The van der Waals surface area contributed by atoms with E-state index in [1.807, 2.05) is 0 Å². The van der Waals surface area contributed by atoms with Crippen molar-refractivity contribution in [2.75, 3.05) is 13.7 Å². The number of ether oxygens (including phenoxy) is 2. The van der Waals surface area contributed by atoms with E-state index in [4.69, 9.17) is 0 Å². The molecular weight excluding hydrogens is 161 g/mol. The zero-order valence-corrected chi connectivity index (χ0v) is 5.66. The van der Waals surface area contributed by atoms with Gasteiger partial charge in [-0.05, 0) is 0 Å². The van der Waals surface area contributed by atoms with Gasteiger partial charge in [0.25, 0.3) is 0 Å². The highest BCUT2D eigenvalue weighted by molar-refractivity contribution is 5.25. The van der Waals surface area contributed by atoms with E-state index in [9.17, 15) is 13.2 Å². The lowest BCUT2D eigenvalue weighted by atomic mass is 10.3. The highest BCUT2D eigenvalue weighted by Crippen LogP contribution is 2.28. The van der Waals surface area contributed by atoms with Crippen LogP contribution in [0.1, 0.15) is 0 Å². The van der Waals surface area contributed by atoms with Gasteiger partial charge in [-0.3, -0.25) is 0 Å². The summed E-state index contributed by atoms with van der Waals surface area (Å²) in [6.07, 6.45) is 0. The van der Waals surface area contributed by atoms with Crippen LogP contribution >= 0.6 is 0 Å². The average molecular weight is 166 g/mol. The SMILES string of the molecule is COC1=C(F)C(F)=C(F)OC1. The first-order valence-corrected chi connectivity index (χ1v) is 2.78. The fourth-order valence-corrected chi connectivity index (χ4v) is 0.613. The van der Waals surface area contributed by atoms with E-state index in [-0.39, 0.29) is 5.76 Å². The molecule has 11 heavy (non-hydrogen) atoms. The Hall–Kier alpha value is -1.13. The first-order chi connectivity index (χ1) is 5.16. The van der Waals surface area contributed by atoms with Crippen molar-refractivity contribution in [2.24, 2.45) is 0 Å². The highest BCUT2D eigenvalue weighted by Gasteiger charge is 2.24. The summed E-state index contributed by atoms with van der Waals surface area (Å²) < 4.78 is 45.3. The van der Waals surface area contributed by atoms with Gasteiger partial charge in [-0.1, -0.05) is 0 Å². The summed E-state index contributed by atoms with van der Waals surface area (Å²) in [4.78, 5) is 0. The fraction of sp³-hybridized carbons (Fsp3) is 0.333. The van der Waals surface area contributed by atoms with Gasteiger partial charge in [-0.15, -0.1) is 0 Å². The van der Waals surface area contributed by atoms with Gasteiger partial charge >= 0.3 is 6.01 Å². The second kappa shape index (κ2) is 2.86. The van der Waals surface area contributed by atoms with Crippen molar-refractivity contribution in [1.82, 2.24) is 0 Å². The molecule has 0 spiro atoms. The average Bonchev–Trinajstić information content (AvgIpc) is 2.01. The maximum atomic E-state index is 12.5. The lowest BCUT2D eigenvalue weighted by molar-refractivity contribution is 0.0965. The minimum absolute atomic E-state index is 0.344. The number of hydrogen-bond acceptors (Lipinski definition) is 2. The van der Waals surface area contributed by atoms with Crippen LogP contribution in [-0.2, 0) is 9.47 Å². The van der Waals surface area contributed by atoms with Crippen LogP contribution in [-0.4, -0.2) is 13.7 Å². The maximum Gasteiger partial charge on any atom is 0.312 e. The quantitative estimate of drug-likeness (QED) is 0.592. The number of methoxy groups -OCH3 is 1. The monoisotopic (exact) mass is 166 g/mol. The normalized spacial score (nSPS) is 18.5. The molecule has 0 aliphatic carbocycles. The van der Waals surface area contributed by atoms with E-state index in [1.165, 1.54) is 0 Å². The molecule has 0 bridgehead atoms. The molecule has 0 atom stereocenters. The van der Waals surface area contributed by atoms with Crippen molar-refractivity contribution < 1.29 is 22.6 Å². The van der Waals surface area contributed by atoms with Crippen LogP contribution in [0.4, 0.5) is 13.2 Å². The molecule has 1 aliphatic rings. The molecule has 0 amide bonds. The van der Waals surface area contributed by atoms with Crippen LogP contribution in [0.5, 0.6) is 0 Å². The molecule has 0 aromatic carbocycles. The summed E-state index contributed by atoms with van der Waals surface area (Å²) in [5, 5.41) is 0. The smallest absolute Gasteiger partial charge is 0.312 e. The zero-order chi connectivity index (χ0) is 8.43. The molecule has 0 N–H and O–H groups in total. The lowest BCUT2D eigenvalue weighted by Crippen LogP contribution is -2.07. The molecule has 1 rings (SSSR count). The van der Waals surface area contributed by atoms with E-state index < -0.39 is 24.3 Å². The molecular formula is C6H5F3O2. The summed E-state index contributed by atoms with van der Waals surface area (Å²) in [6.45, 7) is -0.415. The van der Waals surface area contributed by atoms with Gasteiger partial charge in [0.1, 0.15) is 0 Å². The summed E-state index contributed by atoms with van der Waals surface area (Å²) in [6, 6.07) is -1.54. The van der Waals surface area contributed by atoms with Crippen LogP contribution < -0.4 is 0 Å². The number of allylic oxidation sites excluding steroid dienone is 2. The van der Waals surface area contributed by atoms with Crippen molar-refractivity contribution in [3.63, 3.8) is 0 Å². The fourth-order valence-electron chi connectivity index (χ4n) is 0.613. The summed E-state index contributed by atoms with van der Waals surface area (Å²) >= 11 is 0. The Bertz CT molecular complexity index is 232. The van der Waals surface area contributed by atoms with E-state index in [2.05, 4.69) is 9.47 Å². The third-order valence-corrected chi connectivity index (χ3v) is 1.19. The molecule has 5 heteroatoms. The van der Waals surface area contributed by atoms with Gasteiger partial charge in [0, 0.05) is 0 Å². The first kappa shape index (κ1) is 7.97. The second-order valence-electron chi connectivity index (χ2n) is 1.82. The van der Waals surface area contributed by atoms with Crippen molar-refractivity contribution in [3.8, 4) is 0 Å². The second-order valence-corrected chi connectivity index (χ2v) is 1.82. The molecule has 1 aliphatic heterocycles. The Morgan fingerprint density at radius 1 is 1.27 bits per heavy atom. The summed E-state index contributed by atoms with van der Waals surface area (Å²) in [7, 11) is 1.15. The molecule has 1 heterocycles. The summed E-state index contributed by atoms with van der Waals surface area (Å²) in [5.74, 6) is -3.33. The maximum absolute atomic E-state index is 12.5. The molecule has 0 unspecified atom stereocenters. The predicted molar refractivity (Wildman–Crippen MR) is 30.3 cm³/mol. The Morgan fingerprint density at radius 3 is 2.45 bits per heavy atom. The zero-order valence-electron chi connectivity index (χ0n) is 5.66. The Morgan fingerprint density at radius 2 is 1.91 bits per heavy atom. The van der Waals surface area contributed by atoms with Gasteiger partial charge in [0.2, 0.25) is 11.7 Å². The van der Waals surface area contributed by atoms with Crippen LogP contribution in [0, 0.1) is 0 Å². The topological polar surface area (TPSA) is 18.5 Å². The molecule has 0 fully saturated rings. The van der Waals surface area contributed by atoms with Gasteiger partial charge in [0.05, 0.1) is 7.11 Å². The molecule has 0 saturated heterocycles. The standard InChI is InChI=1S/C6H5F3O2/c1-10-3-2-11-6(9)5(8)4(3)7/h2H2,1H3. The largest absolute Gasteiger partial charge is 0.494 e. The van der Waals surface area contributed by atoms with Crippen molar-refractivity contribution >= 4 is 0 Å². The minimum Gasteiger partial charge on any atom is -0.494 e. The predicted octanol–water partition coefficient (Wildman–Crippen LogP) is 1.95. The number of halogens is 3. The van der Waals surface area contributed by atoms with Gasteiger partial charge < -0.3 is 9.47 Å². The van der Waals surface area contributed by atoms with Crippen LogP contribution in [0.25, 0.3) is 0 Å². The number of rotatable bonds is 1. The molecule has 2 nitrogen and oxygen atoms in total. The van der Waals surface area contributed by atoms with E-state index >= 15 is 0 Å². The van der Waals surface area contributed by atoms with Gasteiger partial charge in [-0.25, -0.2) is 0 Å². The Kier molecular flexibility index (Phi) is 2.07. The van der Waals surface area contributed by atoms with E-state index in [0.717, 1.165) is 7.11 Å². The van der Waals surface area contributed by atoms with Gasteiger partial charge in [-0.2, -0.15) is 13.2 Å². The molecule has 0 radical (unpaired) electrons. The Labute approximate surface area is 60.9 Å². The lowest BCUT2D eigenvalue weighted by Gasteiger charge is -2.12. The van der Waals surface area contributed by atoms with Gasteiger partial charge in [0.15, 0.2) is 12.4 Å². The molecule has 0 aromatic heterocycles. The van der Waals surface area contributed by atoms with E-state index in [1.54, 1.807) is 0 Å². The molecule has 0 aromatic rings. The van der Waals surface area contributed by atoms with E-state index in [0.29, 0.717) is 0 Å². The first-order valence-electron chi connectivity index (χ1n) is 2.78. The minimum atomic E-state index is -1.65. The van der Waals surface area contributed by atoms with Crippen LogP contribution in [0.3, 0.4) is 0 Å². The van der Waals surface area contributed by atoms with Crippen molar-refractivity contribution in [2.45, 2.75) is 0 Å². The molecule has 0 saturated carbocycles. The van der Waals surface area contributed by atoms with Crippen molar-refractivity contribution in [1.29, 1.82) is 0 Å². The highest BCUT2D eigenvalue weighted by atomic mass is 19.2. The molecule has 62 valence electrons. The number of hydrogen-bond donors (Lipinski definition) is 0. The van der Waals surface area contributed by atoms with Crippen LogP contribution in [0.15, 0.2) is 23.4 Å². The third kappa shape index (κ3) is 1.31. The Balaban J connectivity index is 2.98. The van der Waals surface area contributed by atoms with Crippen LogP contribution in [0.2, 0.25) is 0 Å².